The molecule has 0 aliphatic heterocycles. The van der Waals surface area contributed by atoms with E-state index in [9.17, 15) is 4.79 Å². The zero-order valence-corrected chi connectivity index (χ0v) is 9.44. The van der Waals surface area contributed by atoms with Crippen molar-refractivity contribution in [2.45, 2.75) is 18.8 Å². The SMILES string of the molecule is O=C(C[C@@H](CCO)c1ccc(Cl)cc1)NO. The lowest BCUT2D eigenvalue weighted by Gasteiger charge is -2.14. The number of hydroxylamine groups is 1. The Bertz CT molecular complexity index is 340. The second-order valence-electron chi connectivity index (χ2n) is 3.50. The van der Waals surface area contributed by atoms with E-state index in [0.717, 1.165) is 5.56 Å². The van der Waals surface area contributed by atoms with E-state index in [2.05, 4.69) is 0 Å². The Balaban J connectivity index is 2.76. The normalized spacial score (nSPS) is 12.2. The number of hydrogen-bond acceptors (Lipinski definition) is 3. The van der Waals surface area contributed by atoms with E-state index in [-0.39, 0.29) is 18.9 Å². The number of benzene rings is 1. The lowest BCUT2D eigenvalue weighted by atomic mass is 9.92. The van der Waals surface area contributed by atoms with Gasteiger partial charge in [0.2, 0.25) is 5.91 Å². The molecule has 0 radical (unpaired) electrons. The standard InChI is InChI=1S/C11H14ClNO3/c12-10-3-1-8(2-4-10)9(5-6-14)7-11(15)13-16/h1-4,9,14,16H,5-7H2,(H,13,15)/t9-/m1/s1. The molecule has 5 heteroatoms. The number of halogens is 1. The lowest BCUT2D eigenvalue weighted by molar-refractivity contribution is -0.129. The van der Waals surface area contributed by atoms with Crippen molar-refractivity contribution in [3.63, 3.8) is 0 Å². The van der Waals surface area contributed by atoms with Crippen LogP contribution in [0.15, 0.2) is 24.3 Å². The summed E-state index contributed by atoms with van der Waals surface area (Å²) in [5.74, 6) is -0.581. The van der Waals surface area contributed by atoms with E-state index in [4.69, 9.17) is 21.9 Å². The summed E-state index contributed by atoms with van der Waals surface area (Å²) in [5.41, 5.74) is 2.51. The highest BCUT2D eigenvalue weighted by atomic mass is 35.5. The van der Waals surface area contributed by atoms with Crippen LogP contribution in [0.4, 0.5) is 0 Å². The average Bonchev–Trinajstić information content (AvgIpc) is 2.29. The molecule has 0 bridgehead atoms. The first-order chi connectivity index (χ1) is 7.67. The van der Waals surface area contributed by atoms with Gasteiger partial charge in [0.05, 0.1) is 0 Å². The van der Waals surface area contributed by atoms with E-state index in [0.29, 0.717) is 11.4 Å². The third kappa shape index (κ3) is 3.81. The Morgan fingerprint density at radius 1 is 1.38 bits per heavy atom. The largest absolute Gasteiger partial charge is 0.396 e. The van der Waals surface area contributed by atoms with Crippen LogP contribution in [-0.2, 0) is 4.79 Å². The Morgan fingerprint density at radius 2 is 2.00 bits per heavy atom. The molecule has 1 amide bonds. The summed E-state index contributed by atoms with van der Waals surface area (Å²) in [6.45, 7) is -0.00793. The highest BCUT2D eigenvalue weighted by molar-refractivity contribution is 6.30. The minimum absolute atomic E-state index is 0.00793. The van der Waals surface area contributed by atoms with Crippen LogP contribution in [-0.4, -0.2) is 22.8 Å². The maximum Gasteiger partial charge on any atom is 0.243 e. The smallest absolute Gasteiger partial charge is 0.243 e. The van der Waals surface area contributed by atoms with Gasteiger partial charge in [0, 0.05) is 18.1 Å². The zero-order valence-electron chi connectivity index (χ0n) is 8.69. The minimum Gasteiger partial charge on any atom is -0.396 e. The molecule has 0 saturated carbocycles. The van der Waals surface area contributed by atoms with Gasteiger partial charge in [-0.25, -0.2) is 5.48 Å². The van der Waals surface area contributed by atoms with Gasteiger partial charge in [0.25, 0.3) is 0 Å². The van der Waals surface area contributed by atoms with Gasteiger partial charge in [-0.05, 0) is 30.0 Å². The van der Waals surface area contributed by atoms with E-state index in [1.54, 1.807) is 17.6 Å². The van der Waals surface area contributed by atoms with Crippen molar-refractivity contribution in [3.8, 4) is 0 Å². The number of aliphatic hydroxyl groups excluding tert-OH is 1. The monoisotopic (exact) mass is 243 g/mol. The molecule has 0 saturated heterocycles. The quantitative estimate of drug-likeness (QED) is 0.545. The van der Waals surface area contributed by atoms with Crippen LogP contribution < -0.4 is 5.48 Å². The molecule has 16 heavy (non-hydrogen) atoms. The van der Waals surface area contributed by atoms with E-state index in [1.165, 1.54) is 0 Å². The van der Waals surface area contributed by atoms with Gasteiger partial charge in [-0.15, -0.1) is 0 Å². The van der Waals surface area contributed by atoms with Crippen LogP contribution in [0.1, 0.15) is 24.3 Å². The molecular weight excluding hydrogens is 230 g/mol. The molecule has 0 aromatic heterocycles. The fourth-order valence-corrected chi connectivity index (χ4v) is 1.67. The first-order valence-corrected chi connectivity index (χ1v) is 5.34. The number of hydrogen-bond donors (Lipinski definition) is 3. The van der Waals surface area contributed by atoms with E-state index >= 15 is 0 Å². The summed E-state index contributed by atoms with van der Waals surface area (Å²) in [5, 5.41) is 18.0. The van der Waals surface area contributed by atoms with Crippen molar-refractivity contribution in [2.75, 3.05) is 6.61 Å². The molecule has 1 aromatic carbocycles. The van der Waals surface area contributed by atoms with Crippen molar-refractivity contribution in [1.29, 1.82) is 0 Å². The molecule has 0 aliphatic carbocycles. The maximum atomic E-state index is 11.1. The van der Waals surface area contributed by atoms with Crippen LogP contribution in [0.25, 0.3) is 0 Å². The van der Waals surface area contributed by atoms with Crippen LogP contribution in [0.3, 0.4) is 0 Å². The van der Waals surface area contributed by atoms with Crippen LogP contribution >= 0.6 is 11.6 Å². The third-order valence-corrected chi connectivity index (χ3v) is 2.63. The fourth-order valence-electron chi connectivity index (χ4n) is 1.55. The van der Waals surface area contributed by atoms with E-state index < -0.39 is 5.91 Å². The van der Waals surface area contributed by atoms with Gasteiger partial charge in [-0.1, -0.05) is 23.7 Å². The summed E-state index contributed by atoms with van der Waals surface area (Å²) in [7, 11) is 0. The van der Waals surface area contributed by atoms with Gasteiger partial charge in [-0.2, -0.15) is 0 Å². The summed E-state index contributed by atoms with van der Waals surface area (Å²) in [6, 6.07) is 7.09. The zero-order chi connectivity index (χ0) is 12.0. The number of rotatable bonds is 5. The van der Waals surface area contributed by atoms with Crippen LogP contribution in [0.5, 0.6) is 0 Å². The predicted octanol–water partition coefficient (Wildman–Crippen LogP) is 1.70. The van der Waals surface area contributed by atoms with Crippen molar-refractivity contribution in [2.24, 2.45) is 0 Å². The highest BCUT2D eigenvalue weighted by Gasteiger charge is 2.15. The molecule has 1 aromatic rings. The number of carbonyl (C=O) groups excluding carboxylic acids is 1. The molecule has 88 valence electrons. The second kappa shape index (κ2) is 6.48. The summed E-state index contributed by atoms with van der Waals surface area (Å²) < 4.78 is 0. The van der Waals surface area contributed by atoms with Crippen molar-refractivity contribution in [3.05, 3.63) is 34.9 Å². The summed E-state index contributed by atoms with van der Waals surface area (Å²) in [6.07, 6.45) is 0.605. The molecule has 0 heterocycles. The van der Waals surface area contributed by atoms with Crippen molar-refractivity contribution >= 4 is 17.5 Å². The molecule has 3 N–H and O–H groups in total. The van der Waals surface area contributed by atoms with Crippen LogP contribution in [0.2, 0.25) is 5.02 Å². The Hall–Kier alpha value is -1.10. The van der Waals surface area contributed by atoms with E-state index in [1.807, 2.05) is 12.1 Å². The van der Waals surface area contributed by atoms with Gasteiger partial charge in [0.1, 0.15) is 0 Å². The van der Waals surface area contributed by atoms with Gasteiger partial charge >= 0.3 is 0 Å². The third-order valence-electron chi connectivity index (χ3n) is 2.38. The molecule has 0 aliphatic rings. The first-order valence-electron chi connectivity index (χ1n) is 4.96. The second-order valence-corrected chi connectivity index (χ2v) is 3.94. The minimum atomic E-state index is -0.464. The lowest BCUT2D eigenvalue weighted by Crippen LogP contribution is -2.21. The fraction of sp³-hybridized carbons (Fsp3) is 0.364. The molecule has 0 spiro atoms. The average molecular weight is 244 g/mol. The summed E-state index contributed by atoms with van der Waals surface area (Å²) in [4.78, 5) is 11.1. The number of nitrogens with one attached hydrogen (secondary N) is 1. The number of amides is 1. The van der Waals surface area contributed by atoms with Gasteiger partial charge in [-0.3, -0.25) is 10.0 Å². The van der Waals surface area contributed by atoms with Gasteiger partial charge in [0.15, 0.2) is 0 Å². The highest BCUT2D eigenvalue weighted by Crippen LogP contribution is 2.24. The first kappa shape index (κ1) is 13.0. The molecule has 1 atom stereocenters. The summed E-state index contributed by atoms with van der Waals surface area (Å²) >= 11 is 5.76. The van der Waals surface area contributed by atoms with Crippen LogP contribution in [0, 0.1) is 0 Å². The Labute approximate surface area is 98.8 Å². The number of carbonyl (C=O) groups is 1. The van der Waals surface area contributed by atoms with Gasteiger partial charge < -0.3 is 5.11 Å². The Kier molecular flexibility index (Phi) is 5.25. The van der Waals surface area contributed by atoms with Crippen molar-refractivity contribution < 1.29 is 15.1 Å². The maximum absolute atomic E-state index is 11.1. The predicted molar refractivity (Wildman–Crippen MR) is 60.4 cm³/mol. The molecule has 0 unspecified atom stereocenters. The Morgan fingerprint density at radius 3 is 2.50 bits per heavy atom. The topological polar surface area (TPSA) is 69.6 Å². The molecule has 0 fully saturated rings. The molecule has 4 nitrogen and oxygen atoms in total. The number of aliphatic hydroxyl groups is 1. The molecule has 1 rings (SSSR count). The molecular formula is C11H14ClNO3. The van der Waals surface area contributed by atoms with Crippen molar-refractivity contribution in [1.82, 2.24) is 5.48 Å².